The first kappa shape index (κ1) is 20.8. The number of rotatable bonds is 2. The molecule has 0 aromatic carbocycles. The lowest BCUT2D eigenvalue weighted by molar-refractivity contribution is -0.138. The molecule has 0 saturated carbocycles. The Morgan fingerprint density at radius 2 is 2.00 bits per heavy atom. The zero-order chi connectivity index (χ0) is 16.0. The van der Waals surface area contributed by atoms with Crippen LogP contribution in [0.2, 0.25) is 9.62 Å². The van der Waals surface area contributed by atoms with Gasteiger partial charge in [-0.2, -0.15) is 13.2 Å². The number of thiazole rings is 1. The Morgan fingerprint density at radius 3 is 2.32 bits per heavy atom. The molecule has 0 radical (unpaired) electrons. The van der Waals surface area contributed by atoms with E-state index in [2.05, 4.69) is 9.97 Å². The Hall–Kier alpha value is -1.22. The summed E-state index contributed by atoms with van der Waals surface area (Å²) in [7, 11) is 0. The Morgan fingerprint density at radius 1 is 1.36 bits per heavy atom. The van der Waals surface area contributed by atoms with E-state index in [1.54, 1.807) is 0 Å². The topological polar surface area (TPSA) is 68.9 Å². The second-order valence-electron chi connectivity index (χ2n) is 3.47. The Labute approximate surface area is 139 Å². The number of carbonyl (C=O) groups is 1. The number of hydrogen-bond acceptors (Lipinski definition) is 5. The van der Waals surface area contributed by atoms with Gasteiger partial charge in [0.25, 0.3) is 0 Å². The van der Waals surface area contributed by atoms with Gasteiger partial charge in [0.2, 0.25) is 0 Å². The van der Waals surface area contributed by atoms with Gasteiger partial charge in [-0.25, -0.2) is 4.98 Å². The minimum absolute atomic E-state index is 0. The molecule has 122 valence electrons. The summed E-state index contributed by atoms with van der Waals surface area (Å²) in [6.45, 7) is -0.150. The lowest BCUT2D eigenvalue weighted by Gasteiger charge is -2.09. The number of aromatic nitrogens is 2. The molecule has 0 unspecified atom stereocenters. The second kappa shape index (κ2) is 9.04. The fourth-order valence-electron chi connectivity index (χ4n) is 1.23. The van der Waals surface area contributed by atoms with Crippen LogP contribution in [0.1, 0.15) is 28.2 Å². The van der Waals surface area contributed by atoms with E-state index in [0.717, 1.165) is 29.8 Å². The first-order valence-electron chi connectivity index (χ1n) is 5.26. The molecule has 0 aliphatic carbocycles. The summed E-state index contributed by atoms with van der Waals surface area (Å²) in [5.74, 6) is 0. The van der Waals surface area contributed by atoms with Gasteiger partial charge in [0.1, 0.15) is 4.88 Å². The molecule has 10 heteroatoms. The maximum Gasteiger partial charge on any atom is 0.416 e. The van der Waals surface area contributed by atoms with E-state index >= 15 is 0 Å². The first-order chi connectivity index (χ1) is 9.79. The van der Waals surface area contributed by atoms with Crippen LogP contribution in [0.5, 0.6) is 0 Å². The number of alkyl halides is 3. The van der Waals surface area contributed by atoms with Crippen molar-refractivity contribution >= 4 is 40.8 Å². The van der Waals surface area contributed by atoms with Crippen molar-refractivity contribution in [1.82, 2.24) is 9.97 Å². The maximum atomic E-state index is 12.2. The summed E-state index contributed by atoms with van der Waals surface area (Å²) >= 11 is 11.9. The van der Waals surface area contributed by atoms with Crippen molar-refractivity contribution in [2.75, 3.05) is 0 Å². The highest BCUT2D eigenvalue weighted by Gasteiger charge is 2.32. The summed E-state index contributed by atoms with van der Waals surface area (Å²) in [5, 5.41) is 0.181. The molecule has 2 N–H and O–H groups in total. The molecule has 2 aromatic heterocycles. The van der Waals surface area contributed by atoms with Gasteiger partial charge in [0.15, 0.2) is 15.9 Å². The normalized spacial score (nSPS) is 10.3. The molecule has 0 bridgehead atoms. The Kier molecular flexibility index (Phi) is 8.54. The van der Waals surface area contributed by atoms with Gasteiger partial charge < -0.3 is 5.73 Å². The molecule has 4 nitrogen and oxygen atoms in total. The van der Waals surface area contributed by atoms with E-state index in [1.165, 1.54) is 0 Å². The molecule has 0 amide bonds. The van der Waals surface area contributed by atoms with Gasteiger partial charge in [-0.15, -0.1) is 0 Å². The van der Waals surface area contributed by atoms with E-state index < -0.39 is 11.7 Å². The summed E-state index contributed by atoms with van der Waals surface area (Å²) in [4.78, 5) is 17.6. The molecule has 0 aliphatic rings. The van der Waals surface area contributed by atoms with Crippen molar-refractivity contribution in [2.24, 2.45) is 5.73 Å². The van der Waals surface area contributed by atoms with Crippen molar-refractivity contribution in [1.29, 1.82) is 0 Å². The Balaban J connectivity index is 0.000000397. The van der Waals surface area contributed by atoms with Crippen LogP contribution in [0, 0.1) is 0 Å². The monoisotopic (exact) mass is 373 g/mol. The molecule has 0 spiro atoms. The van der Waals surface area contributed by atoms with Crippen molar-refractivity contribution < 1.29 is 18.0 Å². The fraction of sp³-hybridized carbons (Fsp3) is 0.250. The second-order valence-corrected chi connectivity index (χ2v) is 5.45. The van der Waals surface area contributed by atoms with Gasteiger partial charge in [0.05, 0.1) is 5.56 Å². The van der Waals surface area contributed by atoms with Crippen LogP contribution < -0.4 is 5.73 Å². The van der Waals surface area contributed by atoms with E-state index in [-0.39, 0.29) is 24.7 Å². The number of halogens is 5. The van der Waals surface area contributed by atoms with Crippen LogP contribution in [-0.2, 0) is 12.7 Å². The first-order valence-corrected chi connectivity index (χ1v) is 6.84. The average molecular weight is 374 g/mol. The highest BCUT2D eigenvalue weighted by molar-refractivity contribution is 7.17. The predicted octanol–water partition coefficient (Wildman–Crippen LogP) is 4.46. The van der Waals surface area contributed by atoms with E-state index in [4.69, 9.17) is 28.9 Å². The molecule has 22 heavy (non-hydrogen) atoms. The largest absolute Gasteiger partial charge is 0.416 e. The molecule has 0 fully saturated rings. The van der Waals surface area contributed by atoms with Crippen molar-refractivity contribution in [3.05, 3.63) is 44.1 Å². The van der Waals surface area contributed by atoms with Crippen LogP contribution >= 0.6 is 34.5 Å². The third-order valence-corrected chi connectivity index (χ3v) is 3.60. The lowest BCUT2D eigenvalue weighted by atomic mass is 10.1. The quantitative estimate of drug-likeness (QED) is 0.789. The van der Waals surface area contributed by atoms with Crippen molar-refractivity contribution in [2.45, 2.75) is 20.1 Å². The van der Waals surface area contributed by atoms with Crippen molar-refractivity contribution in [3.63, 3.8) is 0 Å². The minimum atomic E-state index is -4.34. The summed E-state index contributed by atoms with van der Waals surface area (Å²) in [6, 6.07) is 0.919. The van der Waals surface area contributed by atoms with E-state index in [0.29, 0.717) is 15.6 Å². The van der Waals surface area contributed by atoms with Gasteiger partial charge in [-0.05, 0) is 11.6 Å². The van der Waals surface area contributed by atoms with Crippen LogP contribution in [0.4, 0.5) is 13.2 Å². The SMILES string of the molecule is C.NCc1cnccc1C(F)(F)F.O=Cc1sc(Cl)nc1Cl. The number of nitrogens with zero attached hydrogens (tertiary/aromatic N) is 2. The zero-order valence-electron chi connectivity index (χ0n) is 10.2. The van der Waals surface area contributed by atoms with Crippen LogP contribution in [0.15, 0.2) is 18.5 Å². The van der Waals surface area contributed by atoms with Crippen LogP contribution in [0.25, 0.3) is 0 Å². The summed E-state index contributed by atoms with van der Waals surface area (Å²) in [6.07, 6.45) is -1.48. The summed E-state index contributed by atoms with van der Waals surface area (Å²) < 4.78 is 36.7. The minimum Gasteiger partial charge on any atom is -0.326 e. The number of aldehydes is 1. The molecular formula is C12H12Cl2F3N3OS. The van der Waals surface area contributed by atoms with Crippen LogP contribution in [-0.4, -0.2) is 16.3 Å². The van der Waals surface area contributed by atoms with E-state index in [1.807, 2.05) is 0 Å². The highest BCUT2D eigenvalue weighted by atomic mass is 35.5. The Bertz CT molecular complexity index is 620. The third kappa shape index (κ3) is 5.88. The number of hydrogen-bond donors (Lipinski definition) is 1. The van der Waals surface area contributed by atoms with E-state index in [9.17, 15) is 18.0 Å². The number of pyridine rings is 1. The highest BCUT2D eigenvalue weighted by Crippen LogP contribution is 2.31. The maximum absolute atomic E-state index is 12.2. The lowest BCUT2D eigenvalue weighted by Crippen LogP contribution is -2.11. The van der Waals surface area contributed by atoms with Gasteiger partial charge >= 0.3 is 6.18 Å². The fourth-order valence-corrected chi connectivity index (χ4v) is 2.40. The third-order valence-electron chi connectivity index (χ3n) is 2.12. The van der Waals surface area contributed by atoms with Gasteiger partial charge in [-0.1, -0.05) is 42.0 Å². The molecule has 2 rings (SSSR count). The molecule has 2 heterocycles. The summed E-state index contributed by atoms with van der Waals surface area (Å²) in [5.41, 5.74) is 4.42. The molecule has 0 aliphatic heterocycles. The molecule has 2 aromatic rings. The predicted molar refractivity (Wildman–Crippen MR) is 81.4 cm³/mol. The molecular weight excluding hydrogens is 362 g/mol. The zero-order valence-corrected chi connectivity index (χ0v) is 12.5. The number of nitrogens with two attached hydrogens (primary N) is 1. The molecule has 0 saturated heterocycles. The van der Waals surface area contributed by atoms with Gasteiger partial charge in [0, 0.05) is 18.9 Å². The van der Waals surface area contributed by atoms with Gasteiger partial charge in [-0.3, -0.25) is 9.78 Å². The standard InChI is InChI=1S/C7H7F3N2.C4HCl2NOS.CH4/c8-7(9,10)6-1-2-12-4-5(6)3-11;5-3-2(1-8)9-4(6)7-3;/h1-2,4H,3,11H2;1H;1H4. The van der Waals surface area contributed by atoms with Crippen LogP contribution in [0.3, 0.4) is 0 Å². The smallest absolute Gasteiger partial charge is 0.326 e. The average Bonchev–Trinajstić information content (AvgIpc) is 2.76. The molecule has 0 atom stereocenters. The van der Waals surface area contributed by atoms with Crippen molar-refractivity contribution in [3.8, 4) is 0 Å². The number of carbonyl (C=O) groups excluding carboxylic acids is 1.